The van der Waals surface area contributed by atoms with Crippen LogP contribution in [0.2, 0.25) is 0 Å². The molecule has 2 aromatic rings. The van der Waals surface area contributed by atoms with E-state index in [1.807, 2.05) is 19.1 Å². The monoisotopic (exact) mass is 349 g/mol. The van der Waals surface area contributed by atoms with Gasteiger partial charge in [-0.2, -0.15) is 4.98 Å². The van der Waals surface area contributed by atoms with Crippen molar-refractivity contribution >= 4 is 15.9 Å². The maximum atomic E-state index is 5.79. The van der Waals surface area contributed by atoms with Crippen molar-refractivity contribution < 1.29 is 9.47 Å². The fourth-order valence-corrected chi connectivity index (χ4v) is 2.55. The third kappa shape index (κ3) is 3.32. The Morgan fingerprint density at radius 1 is 1.29 bits per heavy atom. The Kier molecular flexibility index (Phi) is 4.05. The zero-order valence-electron chi connectivity index (χ0n) is 11.9. The number of nitrogens with zero attached hydrogens (tertiary/aromatic N) is 3. The molecule has 2 heterocycles. The fraction of sp³-hybridized carbons (Fsp3) is 0.400. The summed E-state index contributed by atoms with van der Waals surface area (Å²) >= 11 is 3.40. The van der Waals surface area contributed by atoms with Gasteiger partial charge < -0.3 is 9.47 Å². The second-order valence-corrected chi connectivity index (χ2v) is 5.96. The molecule has 3 rings (SSSR count). The lowest BCUT2D eigenvalue weighted by molar-refractivity contribution is 0.282. The van der Waals surface area contributed by atoms with E-state index in [2.05, 4.69) is 30.9 Å². The van der Waals surface area contributed by atoms with E-state index in [0.717, 1.165) is 22.3 Å². The number of methoxy groups -OCH3 is 1. The van der Waals surface area contributed by atoms with Crippen molar-refractivity contribution in [3.05, 3.63) is 40.5 Å². The van der Waals surface area contributed by atoms with Gasteiger partial charge in [-0.15, -0.1) is 0 Å². The van der Waals surface area contributed by atoms with Crippen molar-refractivity contribution in [3.63, 3.8) is 0 Å². The lowest BCUT2D eigenvalue weighted by atomic mass is 10.2. The molecule has 0 N–H and O–H groups in total. The number of hydrogen-bond acceptors (Lipinski definition) is 5. The van der Waals surface area contributed by atoms with E-state index in [1.165, 1.54) is 0 Å². The van der Waals surface area contributed by atoms with Gasteiger partial charge in [0.25, 0.3) is 0 Å². The number of halogens is 1. The normalized spacial score (nSPS) is 20.1. The topological polar surface area (TPSA) is 57.1 Å². The molecule has 21 heavy (non-hydrogen) atoms. The Balaban J connectivity index is 1.57. The predicted octanol–water partition coefficient (Wildman–Crippen LogP) is 3.13. The second kappa shape index (κ2) is 5.97. The summed E-state index contributed by atoms with van der Waals surface area (Å²) in [5, 5.41) is 0. The van der Waals surface area contributed by atoms with Crippen molar-refractivity contribution in [2.45, 2.75) is 19.3 Å². The fourth-order valence-electron chi connectivity index (χ4n) is 2.25. The SMILES string of the molecule is COc1ccc(C2CC2COc2nc(C)ncc2Br)nc1. The van der Waals surface area contributed by atoms with E-state index < -0.39 is 0 Å². The van der Waals surface area contributed by atoms with E-state index in [9.17, 15) is 0 Å². The van der Waals surface area contributed by atoms with Gasteiger partial charge in [0.15, 0.2) is 0 Å². The van der Waals surface area contributed by atoms with Crippen LogP contribution in [0.4, 0.5) is 0 Å². The number of ether oxygens (including phenoxy) is 2. The molecule has 1 aliphatic rings. The first-order valence-corrected chi connectivity index (χ1v) is 7.58. The van der Waals surface area contributed by atoms with Gasteiger partial charge in [-0.3, -0.25) is 4.98 Å². The predicted molar refractivity (Wildman–Crippen MR) is 81.6 cm³/mol. The third-order valence-corrected chi connectivity index (χ3v) is 4.11. The average Bonchev–Trinajstić information content (AvgIpc) is 3.28. The Labute approximate surface area is 131 Å². The minimum atomic E-state index is 0.470. The maximum absolute atomic E-state index is 5.79. The summed E-state index contributed by atoms with van der Waals surface area (Å²) in [5.41, 5.74) is 1.10. The third-order valence-electron chi connectivity index (χ3n) is 3.56. The highest BCUT2D eigenvalue weighted by Crippen LogP contribution is 2.47. The number of rotatable bonds is 5. The van der Waals surface area contributed by atoms with Crippen LogP contribution in [0.15, 0.2) is 29.0 Å². The molecule has 1 fully saturated rings. The molecule has 6 heteroatoms. The summed E-state index contributed by atoms with van der Waals surface area (Å²) in [4.78, 5) is 12.8. The molecule has 2 atom stereocenters. The number of pyridine rings is 1. The van der Waals surface area contributed by atoms with Gasteiger partial charge >= 0.3 is 0 Å². The molecule has 110 valence electrons. The van der Waals surface area contributed by atoms with Gasteiger partial charge in [-0.1, -0.05) is 0 Å². The highest BCUT2D eigenvalue weighted by molar-refractivity contribution is 9.10. The largest absolute Gasteiger partial charge is 0.495 e. The molecule has 0 saturated heterocycles. The average molecular weight is 350 g/mol. The van der Waals surface area contributed by atoms with Crippen molar-refractivity contribution in [1.82, 2.24) is 15.0 Å². The molecule has 0 radical (unpaired) electrons. The highest BCUT2D eigenvalue weighted by atomic mass is 79.9. The van der Waals surface area contributed by atoms with E-state index in [1.54, 1.807) is 19.5 Å². The van der Waals surface area contributed by atoms with Crippen LogP contribution in [0.3, 0.4) is 0 Å². The summed E-state index contributed by atoms with van der Waals surface area (Å²) in [6.07, 6.45) is 4.57. The molecule has 0 spiro atoms. The Hall–Kier alpha value is -1.69. The zero-order valence-corrected chi connectivity index (χ0v) is 13.5. The standard InChI is InChI=1S/C15H16BrN3O2/c1-9-17-7-13(16)15(19-9)21-8-10-5-12(10)14-4-3-11(20-2)6-18-14/h3-4,6-7,10,12H,5,8H2,1-2H3. The summed E-state index contributed by atoms with van der Waals surface area (Å²) in [7, 11) is 1.64. The summed E-state index contributed by atoms with van der Waals surface area (Å²) in [5.74, 6) is 3.06. The van der Waals surface area contributed by atoms with Crippen molar-refractivity contribution in [1.29, 1.82) is 0 Å². The van der Waals surface area contributed by atoms with Gasteiger partial charge in [0.1, 0.15) is 11.6 Å². The Bertz CT molecular complexity index is 633. The lowest BCUT2D eigenvalue weighted by Gasteiger charge is -2.07. The smallest absolute Gasteiger partial charge is 0.231 e. The van der Waals surface area contributed by atoms with E-state index in [-0.39, 0.29) is 0 Å². The quantitative estimate of drug-likeness (QED) is 0.829. The summed E-state index contributed by atoms with van der Waals surface area (Å²) < 4.78 is 11.7. The zero-order chi connectivity index (χ0) is 14.8. The van der Waals surface area contributed by atoms with Gasteiger partial charge in [0, 0.05) is 23.7 Å². The van der Waals surface area contributed by atoms with Crippen LogP contribution in [0.5, 0.6) is 11.6 Å². The molecule has 1 saturated carbocycles. The Morgan fingerprint density at radius 3 is 2.86 bits per heavy atom. The lowest BCUT2D eigenvalue weighted by Crippen LogP contribution is -2.04. The summed E-state index contributed by atoms with van der Waals surface area (Å²) in [6, 6.07) is 3.97. The van der Waals surface area contributed by atoms with Crippen LogP contribution in [-0.4, -0.2) is 28.7 Å². The molecule has 0 aromatic carbocycles. The van der Waals surface area contributed by atoms with Crippen LogP contribution in [-0.2, 0) is 0 Å². The number of aromatic nitrogens is 3. The molecule has 1 aliphatic carbocycles. The molecular formula is C15H16BrN3O2. The van der Waals surface area contributed by atoms with Gasteiger partial charge in [-0.05, 0) is 41.4 Å². The van der Waals surface area contributed by atoms with Gasteiger partial charge in [0.05, 0.1) is 24.4 Å². The first kappa shape index (κ1) is 14.3. The first-order chi connectivity index (χ1) is 10.2. The van der Waals surface area contributed by atoms with Crippen molar-refractivity contribution in [3.8, 4) is 11.6 Å². The second-order valence-electron chi connectivity index (χ2n) is 5.11. The molecule has 0 aliphatic heterocycles. The molecule has 5 nitrogen and oxygen atoms in total. The molecule has 2 aromatic heterocycles. The van der Waals surface area contributed by atoms with Crippen molar-refractivity contribution in [2.24, 2.45) is 5.92 Å². The minimum absolute atomic E-state index is 0.470. The van der Waals surface area contributed by atoms with Crippen molar-refractivity contribution in [2.75, 3.05) is 13.7 Å². The Morgan fingerprint density at radius 2 is 2.14 bits per heavy atom. The van der Waals surface area contributed by atoms with Gasteiger partial charge in [0.2, 0.25) is 5.88 Å². The van der Waals surface area contributed by atoms with Crippen LogP contribution in [0.1, 0.15) is 23.9 Å². The van der Waals surface area contributed by atoms with E-state index in [0.29, 0.717) is 30.1 Å². The first-order valence-electron chi connectivity index (χ1n) is 6.79. The van der Waals surface area contributed by atoms with Crippen LogP contribution in [0.25, 0.3) is 0 Å². The number of hydrogen-bond donors (Lipinski definition) is 0. The summed E-state index contributed by atoms with van der Waals surface area (Å²) in [6.45, 7) is 2.49. The van der Waals surface area contributed by atoms with Gasteiger partial charge in [-0.25, -0.2) is 4.98 Å². The van der Waals surface area contributed by atoms with Crippen LogP contribution >= 0.6 is 15.9 Å². The molecule has 0 amide bonds. The molecular weight excluding hydrogens is 334 g/mol. The van der Waals surface area contributed by atoms with Crippen LogP contribution < -0.4 is 9.47 Å². The minimum Gasteiger partial charge on any atom is -0.495 e. The number of aryl methyl sites for hydroxylation is 1. The van der Waals surface area contributed by atoms with Crippen LogP contribution in [0, 0.1) is 12.8 Å². The van der Waals surface area contributed by atoms with E-state index >= 15 is 0 Å². The molecule has 0 bridgehead atoms. The molecule has 2 unspecified atom stereocenters. The van der Waals surface area contributed by atoms with E-state index in [4.69, 9.17) is 9.47 Å². The highest BCUT2D eigenvalue weighted by Gasteiger charge is 2.40. The maximum Gasteiger partial charge on any atom is 0.231 e.